The maximum atomic E-state index is 13.2. The molecule has 31 heavy (non-hydrogen) atoms. The van der Waals surface area contributed by atoms with Gasteiger partial charge in [-0.25, -0.2) is 0 Å². The number of carbonyl (C=O) groups excluding carboxylic acids is 1. The van der Waals surface area contributed by atoms with Gasteiger partial charge in [0.25, 0.3) is 0 Å². The van der Waals surface area contributed by atoms with Gasteiger partial charge in [0, 0.05) is 6.04 Å². The molecule has 1 N–H and O–H groups in total. The zero-order valence-electron chi connectivity index (χ0n) is 16.6. The molecular weight excluding hydrogens is 424 g/mol. The van der Waals surface area contributed by atoms with Gasteiger partial charge in [0.2, 0.25) is 0 Å². The van der Waals surface area contributed by atoms with E-state index in [1.165, 1.54) is 19.2 Å². The van der Waals surface area contributed by atoms with Crippen molar-refractivity contribution in [1.29, 1.82) is 0 Å². The fourth-order valence-electron chi connectivity index (χ4n) is 3.74. The average Bonchev–Trinajstić information content (AvgIpc) is 2.72. The minimum atomic E-state index is -4.48. The molecule has 168 valence electrons. The lowest BCUT2D eigenvalue weighted by Crippen LogP contribution is -2.46. The maximum absolute atomic E-state index is 13.2. The fraction of sp³-hybridized carbons (Fsp3) is 0.409. The number of halogens is 6. The topological polar surface area (TPSA) is 38.3 Å². The van der Waals surface area contributed by atoms with Crippen LogP contribution in [0.2, 0.25) is 0 Å². The monoisotopic (exact) mass is 445 g/mol. The van der Waals surface area contributed by atoms with E-state index in [9.17, 15) is 31.1 Å². The van der Waals surface area contributed by atoms with E-state index in [0.717, 1.165) is 12.1 Å². The molecule has 0 saturated carbocycles. The molecule has 2 aromatic carbocycles. The summed E-state index contributed by atoms with van der Waals surface area (Å²) in [6, 6.07) is 7.19. The number of benzene rings is 2. The number of ether oxygens (including phenoxy) is 1. The average molecular weight is 445 g/mol. The van der Waals surface area contributed by atoms with Crippen molar-refractivity contribution in [3.05, 3.63) is 59.2 Å². The highest BCUT2D eigenvalue weighted by Gasteiger charge is 2.42. The fourth-order valence-corrected chi connectivity index (χ4v) is 3.74. The number of nitrogens with one attached hydrogen (secondary N) is 1. The number of methoxy groups -OCH3 is 1. The second kappa shape index (κ2) is 8.90. The summed E-state index contributed by atoms with van der Waals surface area (Å²) < 4.78 is 82.8. The van der Waals surface area contributed by atoms with Crippen molar-refractivity contribution in [1.82, 2.24) is 5.32 Å². The minimum Gasteiger partial charge on any atom is -0.469 e. The molecule has 9 heteroatoms. The Morgan fingerprint density at radius 3 is 2.26 bits per heavy atom. The van der Waals surface area contributed by atoms with Gasteiger partial charge in [-0.2, -0.15) is 26.3 Å². The Bertz CT molecular complexity index is 921. The van der Waals surface area contributed by atoms with Crippen LogP contribution in [-0.2, 0) is 22.1 Å². The summed E-state index contributed by atoms with van der Waals surface area (Å²) in [6.45, 7) is 0. The van der Waals surface area contributed by atoms with Crippen LogP contribution in [0.4, 0.5) is 26.3 Å². The number of esters is 1. The molecule has 0 radical (unpaired) electrons. The highest BCUT2D eigenvalue weighted by atomic mass is 19.4. The lowest BCUT2D eigenvalue weighted by atomic mass is 9.89. The van der Waals surface area contributed by atoms with E-state index in [2.05, 4.69) is 10.1 Å². The van der Waals surface area contributed by atoms with Crippen LogP contribution >= 0.6 is 0 Å². The number of alkyl halides is 6. The number of hydrogen-bond donors (Lipinski definition) is 1. The van der Waals surface area contributed by atoms with E-state index >= 15 is 0 Å². The molecule has 0 spiro atoms. The molecule has 0 aliphatic carbocycles. The lowest BCUT2D eigenvalue weighted by Gasteiger charge is -2.33. The Morgan fingerprint density at radius 1 is 1.00 bits per heavy atom. The molecule has 1 saturated heterocycles. The van der Waals surface area contributed by atoms with E-state index in [-0.39, 0.29) is 12.8 Å². The molecule has 0 amide bonds. The SMILES string of the molecule is COC(=O)Cc1cc(-c2ccc(C(F)(F)F)cc2)cc(C2CCCC(C(F)(F)F)N2)c1. The Labute approximate surface area is 175 Å². The van der Waals surface area contributed by atoms with Crippen LogP contribution in [0.25, 0.3) is 11.1 Å². The van der Waals surface area contributed by atoms with Crippen LogP contribution in [0.1, 0.15) is 42.0 Å². The third-order valence-corrected chi connectivity index (χ3v) is 5.32. The van der Waals surface area contributed by atoms with Gasteiger partial charge >= 0.3 is 18.3 Å². The number of hydrogen-bond acceptors (Lipinski definition) is 3. The van der Waals surface area contributed by atoms with Crippen molar-refractivity contribution >= 4 is 5.97 Å². The molecule has 0 aromatic heterocycles. The summed E-state index contributed by atoms with van der Waals surface area (Å²) in [6.07, 6.45) is -8.13. The minimum absolute atomic E-state index is 0.0202. The molecule has 0 bridgehead atoms. The van der Waals surface area contributed by atoms with Crippen LogP contribution in [0.5, 0.6) is 0 Å². The summed E-state index contributed by atoms with van der Waals surface area (Å²) in [5.41, 5.74) is 1.23. The van der Waals surface area contributed by atoms with Gasteiger partial charge in [0.05, 0.1) is 19.1 Å². The number of rotatable bonds is 4. The predicted molar refractivity (Wildman–Crippen MR) is 102 cm³/mol. The van der Waals surface area contributed by atoms with Crippen LogP contribution in [0, 0.1) is 0 Å². The van der Waals surface area contributed by atoms with Crippen LogP contribution < -0.4 is 5.32 Å². The molecule has 2 unspecified atom stereocenters. The van der Waals surface area contributed by atoms with E-state index in [1.807, 2.05) is 0 Å². The van der Waals surface area contributed by atoms with Crippen LogP contribution in [0.3, 0.4) is 0 Å². The van der Waals surface area contributed by atoms with Gasteiger partial charge in [-0.1, -0.05) is 24.3 Å². The van der Waals surface area contributed by atoms with Crippen molar-refractivity contribution in [3.8, 4) is 11.1 Å². The molecular formula is C22H21F6NO2. The first-order valence-corrected chi connectivity index (χ1v) is 9.68. The van der Waals surface area contributed by atoms with Crippen LogP contribution in [0.15, 0.2) is 42.5 Å². The summed E-state index contributed by atoms with van der Waals surface area (Å²) in [5.74, 6) is -0.528. The first-order valence-electron chi connectivity index (χ1n) is 9.68. The molecule has 2 aromatic rings. The van der Waals surface area contributed by atoms with Crippen molar-refractivity contribution in [2.75, 3.05) is 7.11 Å². The summed E-state index contributed by atoms with van der Waals surface area (Å²) >= 11 is 0. The summed E-state index contributed by atoms with van der Waals surface area (Å²) in [4.78, 5) is 11.7. The summed E-state index contributed by atoms with van der Waals surface area (Å²) in [5, 5.41) is 2.62. The largest absolute Gasteiger partial charge is 0.469 e. The van der Waals surface area contributed by atoms with Crippen molar-refractivity contribution < 1.29 is 35.9 Å². The molecule has 1 aliphatic heterocycles. The Morgan fingerprint density at radius 2 is 1.68 bits per heavy atom. The summed E-state index contributed by atoms with van der Waals surface area (Å²) in [7, 11) is 1.22. The van der Waals surface area contributed by atoms with E-state index < -0.39 is 36.0 Å². The zero-order valence-corrected chi connectivity index (χ0v) is 16.6. The molecule has 1 aliphatic rings. The Hall–Kier alpha value is -2.55. The van der Waals surface area contributed by atoms with E-state index in [0.29, 0.717) is 35.1 Å². The highest BCUT2D eigenvalue weighted by molar-refractivity contribution is 5.74. The normalized spacial score (nSPS) is 19.8. The standard InChI is InChI=1S/C22H21F6NO2/c1-31-20(30)11-13-9-15(14-5-7-17(8-6-14)21(23,24)25)12-16(10-13)18-3-2-4-19(29-18)22(26,27)28/h5-10,12,18-19,29H,2-4,11H2,1H3. The van der Waals surface area contributed by atoms with Crippen molar-refractivity contribution in [2.45, 2.75) is 50.1 Å². The zero-order chi connectivity index (χ0) is 22.8. The van der Waals surface area contributed by atoms with Gasteiger partial charge in [-0.15, -0.1) is 0 Å². The second-order valence-electron chi connectivity index (χ2n) is 7.54. The molecule has 3 rings (SSSR count). The maximum Gasteiger partial charge on any atom is 0.416 e. The van der Waals surface area contributed by atoms with E-state index in [1.54, 1.807) is 18.2 Å². The second-order valence-corrected chi connectivity index (χ2v) is 7.54. The Kier molecular flexibility index (Phi) is 6.64. The number of piperidine rings is 1. The van der Waals surface area contributed by atoms with Gasteiger partial charge in [0.15, 0.2) is 0 Å². The van der Waals surface area contributed by atoms with Gasteiger partial charge in [0.1, 0.15) is 6.04 Å². The van der Waals surface area contributed by atoms with Gasteiger partial charge in [-0.3, -0.25) is 10.1 Å². The predicted octanol–water partition coefficient (Wildman–Crippen LogP) is 5.83. The molecule has 2 atom stereocenters. The van der Waals surface area contributed by atoms with Gasteiger partial charge < -0.3 is 4.74 Å². The highest BCUT2D eigenvalue weighted by Crippen LogP contribution is 2.36. The first kappa shape index (κ1) is 23.1. The van der Waals surface area contributed by atoms with Crippen LogP contribution in [-0.4, -0.2) is 25.3 Å². The molecule has 1 fully saturated rings. The van der Waals surface area contributed by atoms with Crippen molar-refractivity contribution in [3.63, 3.8) is 0 Å². The quantitative estimate of drug-likeness (QED) is 0.475. The third kappa shape index (κ3) is 5.78. The lowest BCUT2D eigenvalue weighted by molar-refractivity contribution is -0.163. The number of carbonyl (C=O) groups is 1. The van der Waals surface area contributed by atoms with E-state index in [4.69, 9.17) is 0 Å². The molecule has 1 heterocycles. The third-order valence-electron chi connectivity index (χ3n) is 5.32. The van der Waals surface area contributed by atoms with Gasteiger partial charge in [-0.05, 0) is 59.7 Å². The smallest absolute Gasteiger partial charge is 0.416 e. The molecule has 3 nitrogen and oxygen atoms in total. The Balaban J connectivity index is 1.98. The first-order chi connectivity index (χ1) is 14.5. The van der Waals surface area contributed by atoms with Crippen molar-refractivity contribution in [2.24, 2.45) is 0 Å².